The van der Waals surface area contributed by atoms with E-state index in [2.05, 4.69) is 12.1 Å². The Morgan fingerprint density at radius 1 is 0.645 bits per heavy atom. The first-order chi connectivity index (χ1) is 15.1. The topological polar surface area (TPSA) is 112 Å². The number of ketones is 1. The molecule has 31 heavy (non-hydrogen) atoms. The maximum absolute atomic E-state index is 12.7. The summed E-state index contributed by atoms with van der Waals surface area (Å²) in [6.45, 7) is 0. The minimum absolute atomic E-state index is 0.00935. The molecule has 0 aliphatic heterocycles. The molecular weight excluding hydrogens is 384 g/mol. The molecule has 142 valence electrons. The number of nitriles is 4. The van der Waals surface area contributed by atoms with Crippen LogP contribution in [0.3, 0.4) is 0 Å². The summed E-state index contributed by atoms with van der Waals surface area (Å²) in [4.78, 5) is 12.7. The lowest BCUT2D eigenvalue weighted by Crippen LogP contribution is -1.95. The number of carbonyl (C=O) groups excluding carboxylic acids is 1. The number of benzene rings is 3. The molecular formula is C26H12N4O. The third-order valence-corrected chi connectivity index (χ3v) is 5.30. The van der Waals surface area contributed by atoms with Crippen LogP contribution in [-0.4, -0.2) is 5.78 Å². The normalized spacial score (nSPS) is 11.6. The van der Waals surface area contributed by atoms with Crippen molar-refractivity contribution in [2.75, 3.05) is 0 Å². The van der Waals surface area contributed by atoms with E-state index in [9.17, 15) is 15.3 Å². The van der Waals surface area contributed by atoms with Gasteiger partial charge in [0.15, 0.2) is 5.78 Å². The van der Waals surface area contributed by atoms with Gasteiger partial charge in [0, 0.05) is 12.0 Å². The van der Waals surface area contributed by atoms with Gasteiger partial charge in [-0.1, -0.05) is 24.3 Å². The molecule has 3 aromatic carbocycles. The van der Waals surface area contributed by atoms with Gasteiger partial charge in [-0.25, -0.2) is 0 Å². The summed E-state index contributed by atoms with van der Waals surface area (Å²) in [6, 6.07) is 25.7. The summed E-state index contributed by atoms with van der Waals surface area (Å²) in [5.74, 6) is -0.144. The molecule has 0 bridgehead atoms. The molecule has 0 heterocycles. The molecule has 0 amide bonds. The van der Waals surface area contributed by atoms with E-state index in [0.29, 0.717) is 27.8 Å². The second kappa shape index (κ2) is 7.81. The first kappa shape index (κ1) is 19.4. The maximum Gasteiger partial charge on any atom is 0.167 e. The Hall–Kier alpha value is -4.97. The minimum Gasteiger partial charge on any atom is -0.294 e. The van der Waals surface area contributed by atoms with Gasteiger partial charge in [0.05, 0.1) is 23.3 Å². The highest BCUT2D eigenvalue weighted by Crippen LogP contribution is 2.42. The second-order valence-electron chi connectivity index (χ2n) is 7.00. The number of hydrogen-bond acceptors (Lipinski definition) is 5. The Labute approximate surface area is 179 Å². The van der Waals surface area contributed by atoms with Crippen LogP contribution in [0.15, 0.2) is 66.2 Å². The molecule has 3 aromatic rings. The van der Waals surface area contributed by atoms with Crippen molar-refractivity contribution in [1.82, 2.24) is 0 Å². The Bertz CT molecular complexity index is 1420. The van der Waals surface area contributed by atoms with Gasteiger partial charge in [-0.3, -0.25) is 4.79 Å². The second-order valence-corrected chi connectivity index (χ2v) is 7.00. The average molecular weight is 396 g/mol. The van der Waals surface area contributed by atoms with E-state index in [0.717, 1.165) is 22.3 Å². The van der Waals surface area contributed by atoms with Crippen LogP contribution in [0, 0.1) is 45.3 Å². The van der Waals surface area contributed by atoms with Crippen LogP contribution in [-0.2, 0) is 0 Å². The highest BCUT2D eigenvalue weighted by Gasteiger charge is 2.29. The van der Waals surface area contributed by atoms with Crippen LogP contribution >= 0.6 is 0 Å². The molecule has 0 saturated heterocycles. The summed E-state index contributed by atoms with van der Waals surface area (Å²) in [6.07, 6.45) is 0.00935. The molecule has 0 aromatic heterocycles. The van der Waals surface area contributed by atoms with Crippen molar-refractivity contribution in [3.63, 3.8) is 0 Å². The van der Waals surface area contributed by atoms with E-state index in [1.807, 2.05) is 42.5 Å². The molecule has 0 unspecified atom stereocenters. The number of nitrogens with zero attached hydrogens (tertiary/aromatic N) is 4. The molecule has 1 aliphatic rings. The Morgan fingerprint density at radius 3 is 1.52 bits per heavy atom. The SMILES string of the molecule is N#CC(C#N)=C1CC(=O)c2cc(-c3ccc(C#N)cc3)c(-c3ccc(C#N)cc3)cc21. The first-order valence-electron chi connectivity index (χ1n) is 9.35. The summed E-state index contributed by atoms with van der Waals surface area (Å²) in [5, 5.41) is 36.8. The molecule has 0 saturated carbocycles. The largest absolute Gasteiger partial charge is 0.294 e. The molecule has 4 rings (SSSR count). The predicted molar refractivity (Wildman–Crippen MR) is 114 cm³/mol. The van der Waals surface area contributed by atoms with Crippen LogP contribution in [0.4, 0.5) is 0 Å². The van der Waals surface area contributed by atoms with Gasteiger partial charge in [-0.2, -0.15) is 21.0 Å². The lowest BCUT2D eigenvalue weighted by Gasteiger charge is -2.14. The van der Waals surface area contributed by atoms with Crippen LogP contribution in [0.1, 0.15) is 33.5 Å². The van der Waals surface area contributed by atoms with Crippen LogP contribution < -0.4 is 0 Å². The van der Waals surface area contributed by atoms with Crippen LogP contribution in [0.5, 0.6) is 0 Å². The van der Waals surface area contributed by atoms with Crippen molar-refractivity contribution in [2.24, 2.45) is 0 Å². The highest BCUT2D eigenvalue weighted by atomic mass is 16.1. The number of allylic oxidation sites excluding steroid dienone is 2. The van der Waals surface area contributed by atoms with E-state index in [1.165, 1.54) is 0 Å². The summed E-state index contributed by atoms with van der Waals surface area (Å²) in [7, 11) is 0. The van der Waals surface area contributed by atoms with Crippen molar-refractivity contribution in [2.45, 2.75) is 6.42 Å². The summed E-state index contributed by atoms with van der Waals surface area (Å²) in [5.41, 5.74) is 5.72. The zero-order valence-corrected chi connectivity index (χ0v) is 16.2. The van der Waals surface area contributed by atoms with E-state index >= 15 is 0 Å². The van der Waals surface area contributed by atoms with Crippen LogP contribution in [0.25, 0.3) is 27.8 Å². The average Bonchev–Trinajstić information content (AvgIpc) is 3.14. The molecule has 5 nitrogen and oxygen atoms in total. The van der Waals surface area contributed by atoms with E-state index in [4.69, 9.17) is 10.5 Å². The number of fused-ring (bicyclic) bond motifs is 1. The van der Waals surface area contributed by atoms with Crippen molar-refractivity contribution < 1.29 is 4.79 Å². The monoisotopic (exact) mass is 396 g/mol. The number of carbonyl (C=O) groups is 1. The van der Waals surface area contributed by atoms with Gasteiger partial charge < -0.3 is 0 Å². The maximum atomic E-state index is 12.7. The zero-order chi connectivity index (χ0) is 22.0. The first-order valence-corrected chi connectivity index (χ1v) is 9.35. The third-order valence-electron chi connectivity index (χ3n) is 5.30. The zero-order valence-electron chi connectivity index (χ0n) is 16.2. The van der Waals surface area contributed by atoms with Gasteiger partial charge >= 0.3 is 0 Å². The van der Waals surface area contributed by atoms with Crippen molar-refractivity contribution in [3.05, 3.63) is 88.5 Å². The standard InChI is InChI=1S/C26H12N4O/c27-12-16-1-5-18(6-2-16)21-9-24-23(20(14-29)15-30)11-26(31)25(24)10-22(21)19-7-3-17(13-28)4-8-19/h1-10H,11H2. The number of rotatable bonds is 2. The molecule has 0 N–H and O–H groups in total. The van der Waals surface area contributed by atoms with Gasteiger partial charge in [0.1, 0.15) is 17.7 Å². The number of Topliss-reactive ketones (excluding diaryl/α,β-unsaturated/α-hetero) is 1. The molecule has 0 radical (unpaired) electrons. The summed E-state index contributed by atoms with van der Waals surface area (Å²) < 4.78 is 0. The predicted octanol–water partition coefficient (Wildman–Crippen LogP) is 5.15. The lowest BCUT2D eigenvalue weighted by molar-refractivity contribution is 0.100. The Balaban J connectivity index is 2.02. The molecule has 0 atom stereocenters. The van der Waals surface area contributed by atoms with Gasteiger partial charge in [-0.05, 0) is 69.8 Å². The van der Waals surface area contributed by atoms with Gasteiger partial charge in [0.25, 0.3) is 0 Å². The fraction of sp³-hybridized carbons (Fsp3) is 0.0385. The summed E-state index contributed by atoms with van der Waals surface area (Å²) >= 11 is 0. The fourth-order valence-electron chi connectivity index (χ4n) is 3.74. The van der Waals surface area contributed by atoms with E-state index in [1.54, 1.807) is 30.3 Å². The number of hydrogen-bond donors (Lipinski definition) is 0. The Morgan fingerprint density at radius 2 is 1.10 bits per heavy atom. The van der Waals surface area contributed by atoms with E-state index < -0.39 is 0 Å². The lowest BCUT2D eigenvalue weighted by atomic mass is 9.89. The van der Waals surface area contributed by atoms with E-state index in [-0.39, 0.29) is 17.8 Å². The highest BCUT2D eigenvalue weighted by molar-refractivity contribution is 6.14. The smallest absolute Gasteiger partial charge is 0.167 e. The molecule has 5 heteroatoms. The van der Waals surface area contributed by atoms with Gasteiger partial charge in [-0.15, -0.1) is 0 Å². The van der Waals surface area contributed by atoms with Crippen molar-refractivity contribution >= 4 is 11.4 Å². The van der Waals surface area contributed by atoms with Crippen molar-refractivity contribution in [3.8, 4) is 46.5 Å². The Kier molecular flexibility index (Phi) is 4.87. The third kappa shape index (κ3) is 3.34. The van der Waals surface area contributed by atoms with Gasteiger partial charge in [0.2, 0.25) is 0 Å². The van der Waals surface area contributed by atoms with Crippen molar-refractivity contribution in [1.29, 1.82) is 21.0 Å². The minimum atomic E-state index is -0.144. The molecule has 0 spiro atoms. The van der Waals surface area contributed by atoms with Crippen LogP contribution in [0.2, 0.25) is 0 Å². The molecule has 0 fully saturated rings. The molecule has 1 aliphatic carbocycles. The fourth-order valence-corrected chi connectivity index (χ4v) is 3.74. The quantitative estimate of drug-likeness (QED) is 0.556.